The molecule has 8 nitrogen and oxygen atoms in total. The van der Waals surface area contributed by atoms with Crippen molar-refractivity contribution in [2.45, 2.75) is 0 Å². The lowest BCUT2D eigenvalue weighted by Gasteiger charge is -2.36. The molecule has 5 rings (SSSR count). The number of imide groups is 1. The predicted octanol–water partition coefficient (Wildman–Crippen LogP) is 2.45. The van der Waals surface area contributed by atoms with Crippen molar-refractivity contribution >= 4 is 29.0 Å². The topological polar surface area (TPSA) is 93.4 Å². The van der Waals surface area contributed by atoms with Crippen molar-refractivity contribution in [1.82, 2.24) is 14.9 Å². The van der Waals surface area contributed by atoms with Gasteiger partial charge >= 0.3 is 0 Å². The Morgan fingerprint density at radius 3 is 2.03 bits per heavy atom. The number of nitriles is 1. The molecule has 3 aromatic rings. The number of anilines is 2. The zero-order valence-electron chi connectivity index (χ0n) is 17.8. The summed E-state index contributed by atoms with van der Waals surface area (Å²) in [7, 11) is 0. The van der Waals surface area contributed by atoms with E-state index in [4.69, 9.17) is 5.26 Å². The number of rotatable bonds is 4. The van der Waals surface area contributed by atoms with Gasteiger partial charge in [0.25, 0.3) is 11.8 Å². The standard InChI is InChI=1S/C25H20N6O2/c26-17-18-7-9-20(10-8-18)31-23(32)21(19-5-2-1-3-6-19)22(24(31)33)29-13-15-30(16-14-29)25-27-11-4-12-28-25/h1-12H,13-16H2. The number of nitrogens with zero attached hydrogens (tertiary/aromatic N) is 6. The Bertz CT molecular complexity index is 1260. The lowest BCUT2D eigenvalue weighted by Crippen LogP contribution is -2.48. The smallest absolute Gasteiger partial charge is 0.282 e. The first kappa shape index (κ1) is 20.4. The maximum absolute atomic E-state index is 13.6. The van der Waals surface area contributed by atoms with Gasteiger partial charge in [-0.1, -0.05) is 30.3 Å². The number of carbonyl (C=O) groups excluding carboxylic acids is 2. The normalized spacial score (nSPS) is 16.4. The van der Waals surface area contributed by atoms with Crippen LogP contribution in [0.5, 0.6) is 0 Å². The van der Waals surface area contributed by atoms with E-state index in [0.717, 1.165) is 0 Å². The molecule has 2 amide bonds. The number of benzene rings is 2. The highest BCUT2D eigenvalue weighted by molar-refractivity contribution is 6.45. The van der Waals surface area contributed by atoms with E-state index in [2.05, 4.69) is 20.9 Å². The minimum absolute atomic E-state index is 0.354. The zero-order valence-corrected chi connectivity index (χ0v) is 17.8. The first-order chi connectivity index (χ1) is 16.2. The summed E-state index contributed by atoms with van der Waals surface area (Å²) in [4.78, 5) is 41.0. The number of amides is 2. The first-order valence-corrected chi connectivity index (χ1v) is 10.6. The molecule has 2 aliphatic heterocycles. The van der Waals surface area contributed by atoms with E-state index >= 15 is 0 Å². The summed E-state index contributed by atoms with van der Waals surface area (Å²) >= 11 is 0. The van der Waals surface area contributed by atoms with Gasteiger partial charge in [0, 0.05) is 38.6 Å². The number of piperazine rings is 1. The summed E-state index contributed by atoms with van der Waals surface area (Å²) in [5.41, 5.74) is 2.42. The van der Waals surface area contributed by atoms with Gasteiger partial charge in [-0.05, 0) is 35.9 Å². The van der Waals surface area contributed by atoms with Gasteiger partial charge in [-0.3, -0.25) is 9.59 Å². The lowest BCUT2D eigenvalue weighted by atomic mass is 10.0. The van der Waals surface area contributed by atoms with E-state index in [0.29, 0.717) is 60.2 Å². The van der Waals surface area contributed by atoms with Crippen molar-refractivity contribution < 1.29 is 9.59 Å². The minimum atomic E-state index is -0.361. The van der Waals surface area contributed by atoms with Gasteiger partial charge in [-0.2, -0.15) is 5.26 Å². The summed E-state index contributed by atoms with van der Waals surface area (Å²) in [6.45, 7) is 2.39. The van der Waals surface area contributed by atoms with E-state index in [1.165, 1.54) is 4.90 Å². The molecule has 0 bridgehead atoms. The van der Waals surface area contributed by atoms with Gasteiger partial charge in [0.1, 0.15) is 5.70 Å². The molecule has 3 heterocycles. The summed E-state index contributed by atoms with van der Waals surface area (Å²) in [6.07, 6.45) is 3.42. The van der Waals surface area contributed by atoms with Gasteiger partial charge in [0.2, 0.25) is 5.95 Å². The molecule has 1 saturated heterocycles. The molecule has 0 radical (unpaired) electrons. The number of hydrogen-bond acceptors (Lipinski definition) is 7. The van der Waals surface area contributed by atoms with Crippen LogP contribution in [0.25, 0.3) is 5.57 Å². The Morgan fingerprint density at radius 2 is 1.39 bits per heavy atom. The van der Waals surface area contributed by atoms with Crippen molar-refractivity contribution in [3.05, 3.63) is 89.9 Å². The highest BCUT2D eigenvalue weighted by Crippen LogP contribution is 2.35. The highest BCUT2D eigenvalue weighted by Gasteiger charge is 2.43. The maximum Gasteiger partial charge on any atom is 0.282 e. The molecule has 1 fully saturated rings. The summed E-state index contributed by atoms with van der Waals surface area (Å²) in [6, 6.07) is 19.6. The van der Waals surface area contributed by atoms with Crippen LogP contribution in [-0.2, 0) is 9.59 Å². The molecule has 0 atom stereocenters. The van der Waals surface area contributed by atoms with Crippen molar-refractivity contribution in [2.75, 3.05) is 36.0 Å². The molecule has 1 aromatic heterocycles. The molecule has 2 aromatic carbocycles. The molecule has 8 heteroatoms. The Hall–Kier alpha value is -4.51. The minimum Gasteiger partial charge on any atom is -0.363 e. The molecule has 2 aliphatic rings. The van der Waals surface area contributed by atoms with Crippen LogP contribution in [0.2, 0.25) is 0 Å². The molecule has 162 valence electrons. The van der Waals surface area contributed by atoms with Crippen molar-refractivity contribution in [3.8, 4) is 6.07 Å². The van der Waals surface area contributed by atoms with Gasteiger partial charge in [0.05, 0.1) is 22.9 Å². The second-order valence-corrected chi connectivity index (χ2v) is 7.72. The van der Waals surface area contributed by atoms with Crippen molar-refractivity contribution in [2.24, 2.45) is 0 Å². The summed E-state index contributed by atoms with van der Waals surface area (Å²) < 4.78 is 0. The SMILES string of the molecule is N#Cc1ccc(N2C(=O)C(c3ccccc3)=C(N3CCN(c4ncccn4)CC3)C2=O)cc1. The molecule has 0 saturated carbocycles. The number of hydrogen-bond donors (Lipinski definition) is 0. The average Bonchev–Trinajstić information content (AvgIpc) is 3.15. The second-order valence-electron chi connectivity index (χ2n) is 7.72. The Kier molecular flexibility index (Phi) is 5.29. The predicted molar refractivity (Wildman–Crippen MR) is 123 cm³/mol. The maximum atomic E-state index is 13.6. The van der Waals surface area contributed by atoms with E-state index in [1.807, 2.05) is 35.2 Å². The van der Waals surface area contributed by atoms with E-state index < -0.39 is 0 Å². The van der Waals surface area contributed by atoms with Crippen LogP contribution in [0.1, 0.15) is 11.1 Å². The fraction of sp³-hybridized carbons (Fsp3) is 0.160. The summed E-state index contributed by atoms with van der Waals surface area (Å²) in [5, 5.41) is 9.08. The molecule has 33 heavy (non-hydrogen) atoms. The van der Waals surface area contributed by atoms with E-state index in [1.54, 1.807) is 42.7 Å². The van der Waals surface area contributed by atoms with Crippen LogP contribution < -0.4 is 9.80 Å². The molecule has 0 spiro atoms. The van der Waals surface area contributed by atoms with Crippen LogP contribution >= 0.6 is 0 Å². The largest absolute Gasteiger partial charge is 0.363 e. The molecular formula is C25H20N6O2. The van der Waals surface area contributed by atoms with Crippen LogP contribution in [0.3, 0.4) is 0 Å². The van der Waals surface area contributed by atoms with Crippen molar-refractivity contribution in [1.29, 1.82) is 5.26 Å². The average molecular weight is 436 g/mol. The monoisotopic (exact) mass is 436 g/mol. The first-order valence-electron chi connectivity index (χ1n) is 10.6. The van der Waals surface area contributed by atoms with Crippen LogP contribution in [0.4, 0.5) is 11.6 Å². The Balaban J connectivity index is 1.48. The third kappa shape index (κ3) is 3.70. The van der Waals surface area contributed by atoms with E-state index in [-0.39, 0.29) is 11.8 Å². The third-order valence-corrected chi connectivity index (χ3v) is 5.81. The number of carbonyl (C=O) groups is 2. The molecule has 0 N–H and O–H groups in total. The fourth-order valence-electron chi connectivity index (χ4n) is 4.18. The van der Waals surface area contributed by atoms with Crippen LogP contribution in [0.15, 0.2) is 78.8 Å². The third-order valence-electron chi connectivity index (χ3n) is 5.81. The van der Waals surface area contributed by atoms with Gasteiger partial charge in [-0.15, -0.1) is 0 Å². The second kappa shape index (κ2) is 8.55. The van der Waals surface area contributed by atoms with Crippen LogP contribution in [-0.4, -0.2) is 52.9 Å². The molecular weight excluding hydrogens is 416 g/mol. The number of aromatic nitrogens is 2. The Morgan fingerprint density at radius 1 is 0.758 bits per heavy atom. The molecule has 0 unspecified atom stereocenters. The molecule has 0 aliphatic carbocycles. The lowest BCUT2D eigenvalue weighted by molar-refractivity contribution is -0.120. The van der Waals surface area contributed by atoms with Gasteiger partial charge < -0.3 is 9.80 Å². The van der Waals surface area contributed by atoms with E-state index in [9.17, 15) is 9.59 Å². The van der Waals surface area contributed by atoms with Crippen molar-refractivity contribution in [3.63, 3.8) is 0 Å². The zero-order chi connectivity index (χ0) is 22.8. The fourth-order valence-corrected chi connectivity index (χ4v) is 4.18. The van der Waals surface area contributed by atoms with Crippen LogP contribution in [0, 0.1) is 11.3 Å². The summed E-state index contributed by atoms with van der Waals surface area (Å²) in [5.74, 6) is -0.0600. The van der Waals surface area contributed by atoms with Gasteiger partial charge in [0.15, 0.2) is 0 Å². The van der Waals surface area contributed by atoms with Gasteiger partial charge in [-0.25, -0.2) is 14.9 Å². The highest BCUT2D eigenvalue weighted by atomic mass is 16.2. The Labute approximate surface area is 191 Å². The quantitative estimate of drug-likeness (QED) is 0.580.